The van der Waals surface area contributed by atoms with Crippen molar-refractivity contribution in [3.8, 4) is 5.75 Å². The number of piperidine rings is 1. The summed E-state index contributed by atoms with van der Waals surface area (Å²) in [4.78, 5) is 50.3. The molecule has 4 heterocycles. The van der Waals surface area contributed by atoms with E-state index in [0.717, 1.165) is 49.5 Å². The monoisotopic (exact) mass is 515 g/mol. The minimum atomic E-state index is -0.604. The molecule has 0 bridgehead atoms. The van der Waals surface area contributed by atoms with Gasteiger partial charge in [-0.05, 0) is 73.8 Å². The Bertz CT molecular complexity index is 1270. The number of hydrogen-bond acceptors (Lipinski definition) is 7. The maximum absolute atomic E-state index is 13.0. The van der Waals surface area contributed by atoms with Crippen LogP contribution in [0.1, 0.15) is 90.5 Å². The van der Waals surface area contributed by atoms with Crippen LogP contribution in [0.4, 0.5) is 0 Å². The summed E-state index contributed by atoms with van der Waals surface area (Å²) < 4.78 is 6.56. The van der Waals surface area contributed by atoms with Gasteiger partial charge < -0.3 is 9.64 Å². The molecule has 2 saturated heterocycles. The third-order valence-electron chi connectivity index (χ3n) is 8.93. The molecule has 2 aromatic rings. The molecule has 3 aliphatic heterocycles. The summed E-state index contributed by atoms with van der Waals surface area (Å²) in [5, 5.41) is 2.36. The minimum absolute atomic E-state index is 0.101. The van der Waals surface area contributed by atoms with Gasteiger partial charge in [0.05, 0.1) is 0 Å². The quantitative estimate of drug-likeness (QED) is 0.590. The number of imide groups is 1. The van der Waals surface area contributed by atoms with Gasteiger partial charge in [0.25, 0.3) is 5.91 Å². The van der Waals surface area contributed by atoms with Crippen molar-refractivity contribution in [2.45, 2.75) is 87.9 Å². The zero-order chi connectivity index (χ0) is 25.8. The Balaban J connectivity index is 0.997. The van der Waals surface area contributed by atoms with Crippen molar-refractivity contribution in [3.63, 3.8) is 0 Å². The van der Waals surface area contributed by atoms with E-state index in [0.29, 0.717) is 36.4 Å². The second kappa shape index (κ2) is 9.45. The third-order valence-corrected chi connectivity index (χ3v) is 8.93. The maximum Gasteiger partial charge on any atom is 0.255 e. The molecule has 38 heavy (non-hydrogen) atoms. The van der Waals surface area contributed by atoms with Crippen molar-refractivity contribution in [1.29, 1.82) is 0 Å². The number of hydrogen-bond donors (Lipinski definition) is 1. The fraction of sp³-hybridized carbons (Fsp3) is 0.552. The van der Waals surface area contributed by atoms with Crippen molar-refractivity contribution in [1.82, 2.24) is 25.1 Å². The molecule has 1 N–H and O–H groups in total. The van der Waals surface area contributed by atoms with E-state index in [1.165, 1.54) is 24.8 Å². The maximum atomic E-state index is 13.0. The molecule has 1 aromatic heterocycles. The van der Waals surface area contributed by atoms with Gasteiger partial charge in [0.2, 0.25) is 11.8 Å². The summed E-state index contributed by atoms with van der Waals surface area (Å²) in [6, 6.07) is 5.41. The Morgan fingerprint density at radius 1 is 0.921 bits per heavy atom. The molecule has 5 aliphatic rings. The number of likely N-dealkylation sites (tertiary alicyclic amines) is 1. The summed E-state index contributed by atoms with van der Waals surface area (Å²) in [5.41, 5.74) is 2.77. The van der Waals surface area contributed by atoms with Crippen LogP contribution in [0, 0.1) is 0 Å². The third kappa shape index (κ3) is 4.36. The average molecular weight is 516 g/mol. The van der Waals surface area contributed by atoms with Crippen molar-refractivity contribution in [3.05, 3.63) is 53.1 Å². The predicted octanol–water partition coefficient (Wildman–Crippen LogP) is 2.90. The second-order valence-electron chi connectivity index (χ2n) is 11.5. The first kappa shape index (κ1) is 23.8. The molecule has 0 radical (unpaired) electrons. The summed E-state index contributed by atoms with van der Waals surface area (Å²) in [6.07, 6.45) is 11.8. The Labute approximate surface area is 222 Å². The lowest BCUT2D eigenvalue weighted by atomic mass is 9.86. The number of carbonyl (C=O) groups is 3. The Hall–Kier alpha value is -3.33. The number of carbonyl (C=O) groups excluding carboxylic acids is 3. The highest BCUT2D eigenvalue weighted by molar-refractivity contribution is 6.05. The largest absolute Gasteiger partial charge is 0.489 e. The molecule has 9 nitrogen and oxygen atoms in total. The van der Waals surface area contributed by atoms with Crippen LogP contribution in [-0.4, -0.2) is 68.8 Å². The van der Waals surface area contributed by atoms with E-state index in [9.17, 15) is 14.4 Å². The van der Waals surface area contributed by atoms with Crippen LogP contribution in [-0.2, 0) is 16.1 Å². The first-order chi connectivity index (χ1) is 18.5. The van der Waals surface area contributed by atoms with Gasteiger partial charge in [-0.15, -0.1) is 0 Å². The molecule has 2 saturated carbocycles. The highest BCUT2D eigenvalue weighted by Crippen LogP contribution is 2.40. The van der Waals surface area contributed by atoms with Crippen LogP contribution < -0.4 is 10.1 Å². The number of fused-ring (bicyclic) bond motifs is 1. The van der Waals surface area contributed by atoms with Gasteiger partial charge in [-0.25, -0.2) is 9.97 Å². The number of benzene rings is 1. The molecule has 1 aromatic carbocycles. The van der Waals surface area contributed by atoms with Gasteiger partial charge in [-0.3, -0.25) is 24.6 Å². The zero-order valence-corrected chi connectivity index (χ0v) is 21.5. The summed E-state index contributed by atoms with van der Waals surface area (Å²) in [7, 11) is 0. The first-order valence-corrected chi connectivity index (χ1v) is 14.0. The van der Waals surface area contributed by atoms with E-state index in [4.69, 9.17) is 4.74 Å². The highest BCUT2D eigenvalue weighted by Gasteiger charge is 2.42. The lowest BCUT2D eigenvalue weighted by Crippen LogP contribution is -2.57. The SMILES string of the molecule is O=C1CC[C@@H](N2Cc3cc(O[C@@H]4CCCC[C@H]4N4CC(c5ncc(C6CC6)cn5)C4)ccc3C2=O)C(=O)N1. The lowest BCUT2D eigenvalue weighted by molar-refractivity contribution is -0.136. The molecule has 198 valence electrons. The van der Waals surface area contributed by atoms with E-state index in [2.05, 4.69) is 20.2 Å². The standard InChI is InChI=1S/C29H33N5O4/c35-26-10-9-24(28(36)32-26)34-16-18-11-21(7-8-22(18)29(34)37)38-25-4-2-1-3-23(25)33-14-20(15-33)27-30-12-19(13-31-27)17-5-6-17/h7-8,11-13,17,20,23-25H,1-6,9-10,14-16H2,(H,32,35,36)/t23-,24-,25-/m1/s1. The lowest BCUT2D eigenvalue weighted by Gasteiger charge is -2.47. The van der Waals surface area contributed by atoms with E-state index in [1.54, 1.807) is 4.90 Å². The number of rotatable bonds is 6. The highest BCUT2D eigenvalue weighted by atomic mass is 16.5. The molecular formula is C29H33N5O4. The van der Waals surface area contributed by atoms with Gasteiger partial charge in [-0.1, -0.05) is 6.42 Å². The molecule has 4 fully saturated rings. The molecule has 7 rings (SSSR count). The molecule has 9 heteroatoms. The molecule has 3 atom stereocenters. The summed E-state index contributed by atoms with van der Waals surface area (Å²) in [5.74, 6) is 1.98. The van der Waals surface area contributed by atoms with Crippen molar-refractivity contribution < 1.29 is 19.1 Å². The van der Waals surface area contributed by atoms with Crippen LogP contribution in [0.5, 0.6) is 5.75 Å². The van der Waals surface area contributed by atoms with Gasteiger partial charge >= 0.3 is 0 Å². The average Bonchev–Trinajstić information content (AvgIpc) is 3.69. The first-order valence-electron chi connectivity index (χ1n) is 14.0. The van der Waals surface area contributed by atoms with Gasteiger partial charge in [0, 0.05) is 56.0 Å². The smallest absolute Gasteiger partial charge is 0.255 e. The predicted molar refractivity (Wildman–Crippen MR) is 137 cm³/mol. The molecule has 2 aliphatic carbocycles. The topological polar surface area (TPSA) is 105 Å². The fourth-order valence-electron chi connectivity index (χ4n) is 6.56. The van der Waals surface area contributed by atoms with Gasteiger partial charge in [-0.2, -0.15) is 0 Å². The summed E-state index contributed by atoms with van der Waals surface area (Å²) >= 11 is 0. The van der Waals surface area contributed by atoms with Crippen LogP contribution in [0.3, 0.4) is 0 Å². The Morgan fingerprint density at radius 2 is 1.71 bits per heavy atom. The van der Waals surface area contributed by atoms with Crippen LogP contribution >= 0.6 is 0 Å². The van der Waals surface area contributed by atoms with Crippen molar-refractivity contribution >= 4 is 17.7 Å². The Kier molecular flexibility index (Phi) is 5.91. The number of nitrogens with zero attached hydrogens (tertiary/aromatic N) is 4. The van der Waals surface area contributed by atoms with E-state index in [-0.39, 0.29) is 30.2 Å². The van der Waals surface area contributed by atoms with Crippen LogP contribution in [0.25, 0.3) is 0 Å². The van der Waals surface area contributed by atoms with Gasteiger partial charge in [0.15, 0.2) is 0 Å². The van der Waals surface area contributed by atoms with Gasteiger partial charge in [0.1, 0.15) is 23.7 Å². The van der Waals surface area contributed by atoms with Crippen LogP contribution in [0.15, 0.2) is 30.6 Å². The molecule has 3 amide bonds. The minimum Gasteiger partial charge on any atom is -0.489 e. The van der Waals surface area contributed by atoms with Crippen LogP contribution in [0.2, 0.25) is 0 Å². The van der Waals surface area contributed by atoms with E-state index >= 15 is 0 Å². The number of ether oxygens (including phenoxy) is 1. The fourth-order valence-corrected chi connectivity index (χ4v) is 6.56. The second-order valence-corrected chi connectivity index (χ2v) is 11.5. The number of nitrogens with one attached hydrogen (secondary N) is 1. The molecule has 0 spiro atoms. The van der Waals surface area contributed by atoms with Crippen molar-refractivity contribution in [2.24, 2.45) is 0 Å². The Morgan fingerprint density at radius 3 is 2.47 bits per heavy atom. The summed E-state index contributed by atoms with van der Waals surface area (Å²) in [6.45, 7) is 2.29. The molecular weight excluding hydrogens is 482 g/mol. The zero-order valence-electron chi connectivity index (χ0n) is 21.5. The van der Waals surface area contributed by atoms with E-state index in [1.807, 2.05) is 30.6 Å². The van der Waals surface area contributed by atoms with E-state index < -0.39 is 6.04 Å². The molecule has 0 unspecified atom stereocenters. The van der Waals surface area contributed by atoms with Crippen molar-refractivity contribution in [2.75, 3.05) is 13.1 Å². The normalized spacial score (nSPS) is 28.2. The number of aromatic nitrogens is 2. The number of amides is 3.